The third-order valence-corrected chi connectivity index (χ3v) is 13.5. The molecule has 0 aliphatic heterocycles. The van der Waals surface area contributed by atoms with Crippen molar-refractivity contribution in [1.82, 2.24) is 0 Å². The molecule has 4 saturated carbocycles. The molecule has 0 aromatic heterocycles. The minimum atomic E-state index is -0.626. The fraction of sp³-hybridized carbons (Fsp3) is 0.900. The lowest BCUT2D eigenvalue weighted by Gasteiger charge is -2.71. The van der Waals surface area contributed by atoms with Gasteiger partial charge in [0.05, 0.1) is 18.1 Å². The first-order chi connectivity index (χ1) is 15.7. The van der Waals surface area contributed by atoms with E-state index in [0.717, 1.165) is 51.4 Å². The summed E-state index contributed by atoms with van der Waals surface area (Å²) in [5, 5.41) is 31.4. The van der Waals surface area contributed by atoms with Gasteiger partial charge in [-0.15, -0.1) is 0 Å². The van der Waals surface area contributed by atoms with Crippen LogP contribution in [0.3, 0.4) is 0 Å². The Morgan fingerprint density at radius 1 is 0.941 bits per heavy atom. The van der Waals surface area contributed by atoms with E-state index in [9.17, 15) is 20.1 Å². The minimum absolute atomic E-state index is 0.0599. The zero-order chi connectivity index (χ0) is 24.9. The van der Waals surface area contributed by atoms with Crippen LogP contribution in [0.15, 0.2) is 11.6 Å². The van der Waals surface area contributed by atoms with Gasteiger partial charge >= 0.3 is 5.97 Å². The molecule has 0 heterocycles. The second kappa shape index (κ2) is 7.34. The van der Waals surface area contributed by atoms with Gasteiger partial charge in [0.15, 0.2) is 0 Å². The number of carboxylic acid groups (broad SMARTS) is 1. The number of carboxylic acids is 1. The summed E-state index contributed by atoms with van der Waals surface area (Å²) < 4.78 is 0. The summed E-state index contributed by atoms with van der Waals surface area (Å²) in [4.78, 5) is 12.2. The van der Waals surface area contributed by atoms with Gasteiger partial charge in [-0.1, -0.05) is 46.3 Å². The molecule has 4 heteroatoms. The molecular formula is C30H48O4. The summed E-state index contributed by atoms with van der Waals surface area (Å²) in [5.74, 6) is 0.605. The molecule has 34 heavy (non-hydrogen) atoms. The van der Waals surface area contributed by atoms with E-state index in [1.54, 1.807) is 5.57 Å². The van der Waals surface area contributed by atoms with Gasteiger partial charge in [0.25, 0.3) is 0 Å². The van der Waals surface area contributed by atoms with Gasteiger partial charge in [-0.2, -0.15) is 0 Å². The molecule has 0 aromatic rings. The van der Waals surface area contributed by atoms with Crippen molar-refractivity contribution in [2.45, 2.75) is 112 Å². The van der Waals surface area contributed by atoms with Crippen LogP contribution in [0.25, 0.3) is 0 Å². The monoisotopic (exact) mass is 472 g/mol. The number of aliphatic hydroxyl groups is 2. The summed E-state index contributed by atoms with van der Waals surface area (Å²) in [6, 6.07) is 0. The minimum Gasteiger partial charge on any atom is -0.481 e. The number of allylic oxidation sites excluding steroid dienone is 2. The molecule has 0 saturated heterocycles. The second-order valence-electron chi connectivity index (χ2n) is 14.8. The van der Waals surface area contributed by atoms with Crippen LogP contribution in [0.2, 0.25) is 0 Å². The smallest absolute Gasteiger partial charge is 0.309 e. The van der Waals surface area contributed by atoms with Crippen LogP contribution in [-0.4, -0.2) is 34.0 Å². The van der Waals surface area contributed by atoms with Gasteiger partial charge in [-0.05, 0) is 111 Å². The highest BCUT2D eigenvalue weighted by molar-refractivity contribution is 5.74. The topological polar surface area (TPSA) is 77.8 Å². The Morgan fingerprint density at radius 2 is 1.62 bits per heavy atom. The van der Waals surface area contributed by atoms with E-state index in [1.165, 1.54) is 12.8 Å². The highest BCUT2D eigenvalue weighted by Gasteiger charge is 2.68. The molecular weight excluding hydrogens is 424 g/mol. The van der Waals surface area contributed by atoms with Crippen molar-refractivity contribution < 1.29 is 20.1 Å². The van der Waals surface area contributed by atoms with Crippen LogP contribution in [0.5, 0.6) is 0 Å². The van der Waals surface area contributed by atoms with E-state index < -0.39 is 22.9 Å². The Bertz CT molecular complexity index is 911. The molecule has 0 bridgehead atoms. The molecule has 0 unspecified atom stereocenters. The highest BCUT2D eigenvalue weighted by Crippen LogP contribution is 2.75. The summed E-state index contributed by atoms with van der Waals surface area (Å²) >= 11 is 0. The number of aliphatic carboxylic acids is 1. The number of fused-ring (bicyclic) bond motifs is 7. The molecule has 4 fully saturated rings. The molecule has 0 spiro atoms. The fourth-order valence-corrected chi connectivity index (χ4v) is 10.6. The van der Waals surface area contributed by atoms with E-state index in [4.69, 9.17) is 0 Å². The van der Waals surface area contributed by atoms with Crippen LogP contribution in [-0.2, 0) is 4.79 Å². The molecule has 0 radical (unpaired) electrons. The number of rotatable bonds is 2. The normalized spacial score (nSPS) is 56.9. The summed E-state index contributed by atoms with van der Waals surface area (Å²) in [6.45, 7) is 14.1. The fourth-order valence-electron chi connectivity index (χ4n) is 10.6. The van der Waals surface area contributed by atoms with Gasteiger partial charge in [-0.3, -0.25) is 4.79 Å². The Hall–Kier alpha value is -0.870. The van der Waals surface area contributed by atoms with Crippen molar-refractivity contribution in [3.63, 3.8) is 0 Å². The Kier molecular flexibility index (Phi) is 5.36. The van der Waals surface area contributed by atoms with Crippen molar-refractivity contribution >= 4 is 5.97 Å². The van der Waals surface area contributed by atoms with Crippen molar-refractivity contribution in [3.05, 3.63) is 11.6 Å². The summed E-state index contributed by atoms with van der Waals surface area (Å²) in [5.41, 5.74) is 1.13. The molecule has 10 atom stereocenters. The van der Waals surface area contributed by atoms with Crippen LogP contribution in [0, 0.1) is 50.2 Å². The van der Waals surface area contributed by atoms with E-state index in [0.29, 0.717) is 17.8 Å². The summed E-state index contributed by atoms with van der Waals surface area (Å²) in [6.07, 6.45) is 12.2. The molecule has 5 aliphatic rings. The van der Waals surface area contributed by atoms with E-state index in [-0.39, 0.29) is 28.3 Å². The number of hydrogen-bond acceptors (Lipinski definition) is 3. The predicted octanol–water partition coefficient (Wildman–Crippen LogP) is 6.21. The van der Waals surface area contributed by atoms with Crippen molar-refractivity contribution in [2.24, 2.45) is 50.2 Å². The zero-order valence-electron chi connectivity index (χ0n) is 22.4. The van der Waals surface area contributed by atoms with Crippen molar-refractivity contribution in [1.29, 1.82) is 0 Å². The average molecular weight is 473 g/mol. The van der Waals surface area contributed by atoms with Gasteiger partial charge in [0.1, 0.15) is 0 Å². The lowest BCUT2D eigenvalue weighted by molar-refractivity contribution is -0.215. The first-order valence-corrected chi connectivity index (χ1v) is 13.9. The van der Waals surface area contributed by atoms with Crippen LogP contribution >= 0.6 is 0 Å². The predicted molar refractivity (Wildman–Crippen MR) is 134 cm³/mol. The molecule has 4 nitrogen and oxygen atoms in total. The Morgan fingerprint density at radius 3 is 2.26 bits per heavy atom. The van der Waals surface area contributed by atoms with Crippen molar-refractivity contribution in [2.75, 3.05) is 6.61 Å². The Balaban J connectivity index is 1.57. The summed E-state index contributed by atoms with van der Waals surface area (Å²) in [7, 11) is 0. The third kappa shape index (κ3) is 2.88. The highest BCUT2D eigenvalue weighted by atomic mass is 16.4. The van der Waals surface area contributed by atoms with Gasteiger partial charge in [0.2, 0.25) is 0 Å². The maximum absolute atomic E-state index is 12.2. The SMILES string of the molecule is C[C@]1(C(=O)O)CC[C@]2(C)CC[C@]3(C)C(=CC[C@@H]4[C@@]5(C)CC[C@H](O)[C@](C)(CO)[C@@H]5CC[C@]43C)[C@@H]2C1. The molecule has 3 N–H and O–H groups in total. The molecule has 192 valence electrons. The van der Waals surface area contributed by atoms with Gasteiger partial charge < -0.3 is 15.3 Å². The van der Waals surface area contributed by atoms with E-state index in [2.05, 4.69) is 40.7 Å². The largest absolute Gasteiger partial charge is 0.481 e. The first-order valence-electron chi connectivity index (χ1n) is 13.9. The maximum atomic E-state index is 12.2. The van der Waals surface area contributed by atoms with Crippen LogP contribution in [0.1, 0.15) is 106 Å². The lowest BCUT2D eigenvalue weighted by Crippen LogP contribution is -2.65. The molecule has 0 amide bonds. The van der Waals surface area contributed by atoms with Crippen LogP contribution in [0.4, 0.5) is 0 Å². The maximum Gasteiger partial charge on any atom is 0.309 e. The van der Waals surface area contributed by atoms with Gasteiger partial charge in [0, 0.05) is 5.41 Å². The van der Waals surface area contributed by atoms with Crippen molar-refractivity contribution in [3.8, 4) is 0 Å². The molecule has 5 aliphatic carbocycles. The van der Waals surface area contributed by atoms with Gasteiger partial charge in [-0.25, -0.2) is 0 Å². The van der Waals surface area contributed by atoms with E-state index >= 15 is 0 Å². The number of aliphatic hydroxyl groups excluding tert-OH is 2. The third-order valence-electron chi connectivity index (χ3n) is 13.5. The quantitative estimate of drug-likeness (QED) is 0.418. The number of hydrogen-bond donors (Lipinski definition) is 3. The Labute approximate surface area is 206 Å². The lowest BCUT2D eigenvalue weighted by atomic mass is 9.33. The van der Waals surface area contributed by atoms with Crippen LogP contribution < -0.4 is 0 Å². The average Bonchev–Trinajstić information content (AvgIpc) is 2.78. The molecule has 0 aromatic carbocycles. The molecule has 5 rings (SSSR count). The standard InChI is InChI=1S/C30H48O4/c1-25-13-14-26(2,24(33)34)17-20(25)19-7-8-22-27(3)11-10-23(32)28(4,18-31)21(27)9-12-30(22,6)29(19,5)16-15-25/h7,20-23,31-32H,8-18H2,1-6H3,(H,33,34)/t20-,21+,22+,23-,25+,26-,27-,28+,29+,30+/m0/s1. The zero-order valence-corrected chi connectivity index (χ0v) is 22.4. The number of carbonyl (C=O) groups is 1. The second-order valence-corrected chi connectivity index (χ2v) is 14.8. The van der Waals surface area contributed by atoms with E-state index in [1.807, 2.05) is 6.92 Å². The first kappa shape index (κ1) is 24.8.